The highest BCUT2D eigenvalue weighted by Gasteiger charge is 2.48. The van der Waals surface area contributed by atoms with Gasteiger partial charge in [0.1, 0.15) is 11.4 Å². The smallest absolute Gasteiger partial charge is 0.368 e. The molecule has 0 spiro atoms. The summed E-state index contributed by atoms with van der Waals surface area (Å²) >= 11 is 1.20. The molecule has 0 amide bonds. The molecule has 174 valence electrons. The van der Waals surface area contributed by atoms with Gasteiger partial charge in [-0.25, -0.2) is 4.98 Å². The topological polar surface area (TPSA) is 82.3 Å². The molecule has 2 aliphatic carbocycles. The largest absolute Gasteiger partial charge is 0.421 e. The summed E-state index contributed by atoms with van der Waals surface area (Å²) < 4.78 is 40.1. The Morgan fingerprint density at radius 2 is 1.90 bits per heavy atom. The van der Waals surface area contributed by atoms with Crippen molar-refractivity contribution in [2.24, 2.45) is 5.14 Å². The van der Waals surface area contributed by atoms with Crippen molar-refractivity contribution in [3.8, 4) is 0 Å². The van der Waals surface area contributed by atoms with Crippen LogP contribution in [-0.4, -0.2) is 75.9 Å². The minimum absolute atomic E-state index is 0.165. The van der Waals surface area contributed by atoms with Gasteiger partial charge in [-0.15, -0.1) is 0 Å². The van der Waals surface area contributed by atoms with Crippen LogP contribution in [0.1, 0.15) is 44.6 Å². The molecule has 2 heterocycles. The standard InChI is InChI=1S/C20H32F3N7S/c1-3-18(30-8-6-29(2)7-9-30)10-14(11-18)27-17-25-12-15(20(21,22)23)16(28-17)26-13-19(31-24)4-5-19/h12,14H,3-11,13,24H2,1-2H3,(H2,25,26,27,28). The van der Waals surface area contributed by atoms with Crippen LogP contribution in [0.5, 0.6) is 0 Å². The van der Waals surface area contributed by atoms with Crippen molar-refractivity contribution < 1.29 is 13.2 Å². The highest BCUT2D eigenvalue weighted by Crippen LogP contribution is 2.46. The van der Waals surface area contributed by atoms with E-state index in [0.717, 1.165) is 64.5 Å². The van der Waals surface area contributed by atoms with Crippen LogP contribution in [0, 0.1) is 0 Å². The molecule has 0 radical (unpaired) electrons. The fourth-order valence-corrected chi connectivity index (χ4v) is 5.20. The van der Waals surface area contributed by atoms with Crippen LogP contribution in [0.15, 0.2) is 6.20 Å². The summed E-state index contributed by atoms with van der Waals surface area (Å²) in [6.45, 7) is 6.83. The average Bonchev–Trinajstić information content (AvgIpc) is 3.49. The zero-order chi connectivity index (χ0) is 22.3. The lowest BCUT2D eigenvalue weighted by molar-refractivity contribution is -0.137. The monoisotopic (exact) mass is 459 g/mol. The Morgan fingerprint density at radius 1 is 1.23 bits per heavy atom. The van der Waals surface area contributed by atoms with Crippen LogP contribution in [0.2, 0.25) is 0 Å². The number of nitrogens with two attached hydrogens (primary N) is 1. The predicted octanol–water partition coefficient (Wildman–Crippen LogP) is 3.02. The van der Waals surface area contributed by atoms with E-state index in [1.54, 1.807) is 0 Å². The summed E-state index contributed by atoms with van der Waals surface area (Å²) in [7, 11) is 2.14. The molecule has 2 saturated carbocycles. The SMILES string of the molecule is CCC1(N2CCN(C)CC2)CC(Nc2ncc(C(F)(F)F)c(NCC3(SN)CC3)n2)C1. The molecule has 31 heavy (non-hydrogen) atoms. The Kier molecular flexibility index (Phi) is 6.32. The fourth-order valence-electron chi connectivity index (χ4n) is 4.71. The van der Waals surface area contributed by atoms with Crippen molar-refractivity contribution in [3.63, 3.8) is 0 Å². The van der Waals surface area contributed by atoms with E-state index in [0.29, 0.717) is 6.54 Å². The highest BCUT2D eigenvalue weighted by molar-refractivity contribution is 7.98. The van der Waals surface area contributed by atoms with Crippen molar-refractivity contribution in [3.05, 3.63) is 11.8 Å². The summed E-state index contributed by atoms with van der Waals surface area (Å²) in [5.41, 5.74) is -0.673. The van der Waals surface area contributed by atoms with Crippen molar-refractivity contribution >= 4 is 23.7 Å². The first-order valence-electron chi connectivity index (χ1n) is 10.9. The van der Waals surface area contributed by atoms with Crippen LogP contribution in [0.4, 0.5) is 24.9 Å². The quantitative estimate of drug-likeness (QED) is 0.512. The Morgan fingerprint density at radius 3 is 2.45 bits per heavy atom. The summed E-state index contributed by atoms with van der Waals surface area (Å²) in [6, 6.07) is 0.165. The lowest BCUT2D eigenvalue weighted by Gasteiger charge is -2.56. The van der Waals surface area contributed by atoms with Gasteiger partial charge in [-0.05, 0) is 39.2 Å². The number of anilines is 2. The van der Waals surface area contributed by atoms with E-state index < -0.39 is 11.7 Å². The van der Waals surface area contributed by atoms with E-state index in [4.69, 9.17) is 5.14 Å². The van der Waals surface area contributed by atoms with Gasteiger partial charge in [0.25, 0.3) is 0 Å². The predicted molar refractivity (Wildman–Crippen MR) is 118 cm³/mol. The van der Waals surface area contributed by atoms with E-state index in [1.807, 2.05) is 0 Å². The number of nitrogens with zero attached hydrogens (tertiary/aromatic N) is 4. The Labute approximate surface area is 185 Å². The molecule has 7 nitrogen and oxygen atoms in total. The first kappa shape index (κ1) is 22.9. The minimum Gasteiger partial charge on any atom is -0.368 e. The van der Waals surface area contributed by atoms with Crippen LogP contribution < -0.4 is 15.8 Å². The fraction of sp³-hybridized carbons (Fsp3) is 0.800. The summed E-state index contributed by atoms with van der Waals surface area (Å²) in [4.78, 5) is 13.1. The van der Waals surface area contributed by atoms with Gasteiger partial charge >= 0.3 is 6.18 Å². The first-order valence-corrected chi connectivity index (χ1v) is 11.8. The van der Waals surface area contributed by atoms with Gasteiger partial charge in [-0.3, -0.25) is 10.0 Å². The van der Waals surface area contributed by atoms with E-state index >= 15 is 0 Å². The Bertz CT molecular complexity index is 773. The number of hydrogen-bond donors (Lipinski definition) is 3. The molecule has 0 bridgehead atoms. The molecular formula is C20H32F3N7S. The van der Waals surface area contributed by atoms with Gasteiger partial charge in [-0.1, -0.05) is 18.9 Å². The lowest BCUT2D eigenvalue weighted by Crippen LogP contribution is -2.64. The molecule has 0 unspecified atom stereocenters. The maximum atomic E-state index is 13.4. The number of alkyl halides is 3. The van der Waals surface area contributed by atoms with Crippen LogP contribution in [0.25, 0.3) is 0 Å². The lowest BCUT2D eigenvalue weighted by atomic mass is 9.69. The second kappa shape index (κ2) is 8.57. The third kappa shape index (κ3) is 4.89. The number of rotatable bonds is 8. The van der Waals surface area contributed by atoms with Crippen molar-refractivity contribution in [2.45, 2.75) is 61.5 Å². The molecular weight excluding hydrogens is 427 g/mol. The molecule has 1 aromatic rings. The summed E-state index contributed by atoms with van der Waals surface area (Å²) in [6.07, 6.45) is 1.12. The van der Waals surface area contributed by atoms with Gasteiger partial charge in [0, 0.05) is 55.2 Å². The number of aromatic nitrogens is 2. The van der Waals surface area contributed by atoms with Crippen molar-refractivity contribution in [1.29, 1.82) is 0 Å². The van der Waals surface area contributed by atoms with Crippen molar-refractivity contribution in [2.75, 3.05) is 50.4 Å². The molecule has 0 atom stereocenters. The van der Waals surface area contributed by atoms with E-state index in [9.17, 15) is 13.2 Å². The number of likely N-dealkylation sites (N-methyl/N-ethyl adjacent to an activating group) is 1. The molecule has 1 aromatic heterocycles. The zero-order valence-electron chi connectivity index (χ0n) is 18.1. The van der Waals surface area contributed by atoms with Crippen LogP contribution in [0.3, 0.4) is 0 Å². The number of nitrogens with one attached hydrogen (secondary N) is 2. The third-order valence-corrected chi connectivity index (χ3v) is 8.20. The molecule has 0 aromatic carbocycles. The van der Waals surface area contributed by atoms with E-state index in [-0.39, 0.29) is 28.1 Å². The molecule has 11 heteroatoms. The van der Waals surface area contributed by atoms with Crippen molar-refractivity contribution in [1.82, 2.24) is 19.8 Å². The molecule has 1 saturated heterocycles. The van der Waals surface area contributed by atoms with E-state index in [1.165, 1.54) is 11.9 Å². The minimum atomic E-state index is -4.51. The zero-order valence-corrected chi connectivity index (χ0v) is 19.0. The second-order valence-corrected chi connectivity index (χ2v) is 10.3. The van der Waals surface area contributed by atoms with Crippen LogP contribution >= 0.6 is 11.9 Å². The molecule has 4 rings (SSSR count). The highest BCUT2D eigenvalue weighted by atomic mass is 32.2. The Balaban J connectivity index is 1.41. The maximum absolute atomic E-state index is 13.4. The second-order valence-electron chi connectivity index (χ2n) is 9.23. The summed E-state index contributed by atoms with van der Waals surface area (Å²) in [5, 5.41) is 11.8. The number of halogens is 3. The van der Waals surface area contributed by atoms with Gasteiger partial charge in [0.15, 0.2) is 0 Å². The van der Waals surface area contributed by atoms with Crippen LogP contribution in [-0.2, 0) is 6.18 Å². The normalized spacial score (nSPS) is 28.8. The number of piperazine rings is 1. The maximum Gasteiger partial charge on any atom is 0.421 e. The van der Waals surface area contributed by atoms with Gasteiger partial charge in [0.2, 0.25) is 5.95 Å². The first-order chi connectivity index (χ1) is 14.7. The Hall–Kier alpha value is -1.30. The van der Waals surface area contributed by atoms with Gasteiger partial charge in [0.05, 0.1) is 0 Å². The molecule has 3 fully saturated rings. The van der Waals surface area contributed by atoms with E-state index in [2.05, 4.69) is 44.4 Å². The number of hydrogen-bond acceptors (Lipinski definition) is 8. The molecule has 4 N–H and O–H groups in total. The third-order valence-electron chi connectivity index (χ3n) is 7.15. The molecule has 1 aliphatic heterocycles. The molecule has 3 aliphatic rings. The van der Waals surface area contributed by atoms with Gasteiger partial charge < -0.3 is 15.5 Å². The van der Waals surface area contributed by atoms with Gasteiger partial charge in [-0.2, -0.15) is 18.2 Å². The average molecular weight is 460 g/mol. The summed E-state index contributed by atoms with van der Waals surface area (Å²) in [5.74, 6) is 0.0688.